The lowest BCUT2D eigenvalue weighted by Crippen LogP contribution is -2.53. The lowest BCUT2D eigenvalue weighted by Gasteiger charge is -2.37. The molecular formula is C17H18N2O3S. The molecule has 0 radical (unpaired) electrons. The summed E-state index contributed by atoms with van der Waals surface area (Å²) in [7, 11) is 0. The maximum absolute atomic E-state index is 12.6. The van der Waals surface area contributed by atoms with Crippen molar-refractivity contribution in [3.05, 3.63) is 51.2 Å². The van der Waals surface area contributed by atoms with Crippen molar-refractivity contribution in [2.24, 2.45) is 0 Å². The number of hydrogen-bond acceptors (Lipinski definition) is 5. The summed E-state index contributed by atoms with van der Waals surface area (Å²) in [6.07, 6.45) is 0. The highest BCUT2D eigenvalue weighted by molar-refractivity contribution is 7.15. The van der Waals surface area contributed by atoms with Crippen molar-refractivity contribution in [3.63, 3.8) is 0 Å². The smallest absolute Gasteiger partial charge is 0.350 e. The summed E-state index contributed by atoms with van der Waals surface area (Å²) >= 11 is 1.28. The Kier molecular flexibility index (Phi) is 3.85. The van der Waals surface area contributed by atoms with Crippen LogP contribution >= 0.6 is 11.3 Å². The number of aryl methyl sites for hydroxylation is 1. The molecule has 120 valence electrons. The maximum atomic E-state index is 12.6. The van der Waals surface area contributed by atoms with E-state index in [0.29, 0.717) is 22.7 Å². The Balaban J connectivity index is 2.08. The van der Waals surface area contributed by atoms with E-state index in [1.807, 2.05) is 44.2 Å². The van der Waals surface area contributed by atoms with Crippen LogP contribution in [0.1, 0.15) is 44.3 Å². The average molecular weight is 330 g/mol. The summed E-state index contributed by atoms with van der Waals surface area (Å²) < 4.78 is 5.12. The van der Waals surface area contributed by atoms with E-state index in [1.54, 1.807) is 6.92 Å². The van der Waals surface area contributed by atoms with Crippen LogP contribution in [0.5, 0.6) is 0 Å². The van der Waals surface area contributed by atoms with Crippen LogP contribution in [-0.4, -0.2) is 18.5 Å². The number of benzene rings is 1. The molecule has 1 aromatic heterocycles. The molecule has 1 amide bonds. The lowest BCUT2D eigenvalue weighted by atomic mass is 9.96. The summed E-state index contributed by atoms with van der Waals surface area (Å²) in [5.74, 6) is -0.589. The largest absolute Gasteiger partial charge is 0.462 e. The zero-order chi connectivity index (χ0) is 16.6. The zero-order valence-electron chi connectivity index (χ0n) is 13.2. The molecule has 1 atom stereocenters. The minimum Gasteiger partial charge on any atom is -0.462 e. The normalized spacial score (nSPS) is 19.5. The third-order valence-corrected chi connectivity index (χ3v) is 4.95. The van der Waals surface area contributed by atoms with Gasteiger partial charge in [-0.3, -0.25) is 4.79 Å². The Morgan fingerprint density at radius 1 is 1.26 bits per heavy atom. The molecule has 23 heavy (non-hydrogen) atoms. The van der Waals surface area contributed by atoms with Crippen molar-refractivity contribution in [3.8, 4) is 0 Å². The van der Waals surface area contributed by atoms with E-state index >= 15 is 0 Å². The SMILES string of the molecule is CCOC(=O)c1sc(C)c2c1N[C@@](C)(c1ccccc1)NC2=O. The van der Waals surface area contributed by atoms with Crippen LogP contribution in [0.25, 0.3) is 0 Å². The van der Waals surface area contributed by atoms with Gasteiger partial charge in [-0.15, -0.1) is 11.3 Å². The number of amides is 1. The second-order valence-corrected chi connectivity index (χ2v) is 6.75. The standard InChI is InChI=1S/C17H18N2O3S/c1-4-22-16(21)14-13-12(10(2)23-14)15(20)19-17(3,18-13)11-8-6-5-7-9-11/h5-9,18H,4H2,1-3H3,(H,19,20)/t17-/m1/s1. The van der Waals surface area contributed by atoms with Crippen molar-refractivity contribution in [2.45, 2.75) is 26.4 Å². The van der Waals surface area contributed by atoms with Crippen molar-refractivity contribution < 1.29 is 14.3 Å². The van der Waals surface area contributed by atoms with Crippen molar-refractivity contribution in [1.29, 1.82) is 0 Å². The van der Waals surface area contributed by atoms with Gasteiger partial charge in [0.05, 0.1) is 17.9 Å². The first-order valence-electron chi connectivity index (χ1n) is 7.43. The zero-order valence-corrected chi connectivity index (χ0v) is 14.0. The minimum atomic E-state index is -0.778. The molecule has 0 saturated heterocycles. The third kappa shape index (κ3) is 2.59. The van der Waals surface area contributed by atoms with E-state index in [0.717, 1.165) is 10.4 Å². The molecule has 5 nitrogen and oxygen atoms in total. The number of anilines is 1. The van der Waals surface area contributed by atoms with Gasteiger partial charge in [-0.25, -0.2) is 4.79 Å². The number of thiophene rings is 1. The van der Waals surface area contributed by atoms with Crippen LogP contribution < -0.4 is 10.6 Å². The predicted molar refractivity (Wildman–Crippen MR) is 89.9 cm³/mol. The van der Waals surface area contributed by atoms with Crippen LogP contribution in [0, 0.1) is 6.92 Å². The fourth-order valence-corrected chi connectivity index (χ4v) is 3.76. The highest BCUT2D eigenvalue weighted by Gasteiger charge is 2.39. The Hall–Kier alpha value is -2.34. The quantitative estimate of drug-likeness (QED) is 0.848. The summed E-state index contributed by atoms with van der Waals surface area (Å²) in [5, 5.41) is 6.32. The first kappa shape index (κ1) is 15.6. The van der Waals surface area contributed by atoms with Gasteiger partial charge in [0.15, 0.2) is 0 Å². The van der Waals surface area contributed by atoms with Gasteiger partial charge in [-0.2, -0.15) is 0 Å². The monoisotopic (exact) mass is 330 g/mol. The van der Waals surface area contributed by atoms with Gasteiger partial charge < -0.3 is 15.4 Å². The summed E-state index contributed by atoms with van der Waals surface area (Å²) in [6, 6.07) is 9.61. The Labute approximate surface area is 138 Å². The molecule has 2 aromatic rings. The van der Waals surface area contributed by atoms with Crippen molar-refractivity contribution in [1.82, 2.24) is 5.32 Å². The number of ether oxygens (including phenoxy) is 1. The molecule has 1 aliphatic rings. The van der Waals surface area contributed by atoms with Gasteiger partial charge in [0.2, 0.25) is 0 Å². The first-order valence-corrected chi connectivity index (χ1v) is 8.24. The molecule has 0 bridgehead atoms. The molecule has 6 heteroatoms. The van der Waals surface area contributed by atoms with Crippen molar-refractivity contribution in [2.75, 3.05) is 11.9 Å². The molecule has 1 aromatic carbocycles. The van der Waals surface area contributed by atoms with E-state index in [4.69, 9.17) is 4.74 Å². The second kappa shape index (κ2) is 5.70. The molecule has 1 aliphatic heterocycles. The van der Waals surface area contributed by atoms with Gasteiger partial charge in [0, 0.05) is 4.88 Å². The van der Waals surface area contributed by atoms with Crippen LogP contribution in [0.3, 0.4) is 0 Å². The Morgan fingerprint density at radius 3 is 2.61 bits per heavy atom. The molecule has 0 fully saturated rings. The van der Waals surface area contributed by atoms with E-state index in [1.165, 1.54) is 11.3 Å². The summed E-state index contributed by atoms with van der Waals surface area (Å²) in [4.78, 5) is 26.0. The summed E-state index contributed by atoms with van der Waals surface area (Å²) in [5.41, 5.74) is 1.21. The molecule has 0 saturated carbocycles. The third-order valence-electron chi connectivity index (χ3n) is 3.86. The van der Waals surface area contributed by atoms with Gasteiger partial charge in [0.1, 0.15) is 10.5 Å². The predicted octanol–water partition coefficient (Wildman–Crippen LogP) is 3.26. The number of hydrogen-bond donors (Lipinski definition) is 2. The number of esters is 1. The molecule has 3 rings (SSSR count). The van der Waals surface area contributed by atoms with Gasteiger partial charge in [-0.1, -0.05) is 30.3 Å². The molecule has 0 aliphatic carbocycles. The molecule has 2 heterocycles. The van der Waals surface area contributed by atoms with Gasteiger partial charge >= 0.3 is 5.97 Å². The average Bonchev–Trinajstić information content (AvgIpc) is 2.85. The molecule has 2 N–H and O–H groups in total. The summed E-state index contributed by atoms with van der Waals surface area (Å²) in [6.45, 7) is 5.77. The number of nitrogens with one attached hydrogen (secondary N) is 2. The van der Waals surface area contributed by atoms with E-state index < -0.39 is 11.6 Å². The minimum absolute atomic E-state index is 0.186. The number of carbonyl (C=O) groups excluding carboxylic acids is 2. The Bertz CT molecular complexity index is 770. The fourth-order valence-electron chi connectivity index (χ4n) is 2.76. The fraction of sp³-hybridized carbons (Fsp3) is 0.294. The second-order valence-electron chi connectivity index (χ2n) is 5.53. The topological polar surface area (TPSA) is 67.4 Å². The lowest BCUT2D eigenvalue weighted by molar-refractivity contribution is 0.0533. The van der Waals surface area contributed by atoms with Gasteiger partial charge in [-0.05, 0) is 26.3 Å². The molecule has 0 spiro atoms. The highest BCUT2D eigenvalue weighted by atomic mass is 32.1. The van der Waals surface area contributed by atoms with Crippen molar-refractivity contribution >= 4 is 28.9 Å². The van der Waals surface area contributed by atoms with Crippen LogP contribution in [0.2, 0.25) is 0 Å². The van der Waals surface area contributed by atoms with E-state index in [2.05, 4.69) is 10.6 Å². The van der Waals surface area contributed by atoms with E-state index in [-0.39, 0.29) is 5.91 Å². The molecule has 0 unspecified atom stereocenters. The highest BCUT2D eigenvalue weighted by Crippen LogP contribution is 2.40. The first-order chi connectivity index (χ1) is 11.0. The Morgan fingerprint density at radius 2 is 1.96 bits per heavy atom. The molecular weight excluding hydrogens is 312 g/mol. The van der Waals surface area contributed by atoms with Crippen LogP contribution in [-0.2, 0) is 10.4 Å². The van der Waals surface area contributed by atoms with Crippen LogP contribution in [0.15, 0.2) is 30.3 Å². The van der Waals surface area contributed by atoms with Crippen LogP contribution in [0.4, 0.5) is 5.69 Å². The number of rotatable bonds is 3. The van der Waals surface area contributed by atoms with Gasteiger partial charge in [0.25, 0.3) is 5.91 Å². The number of carbonyl (C=O) groups is 2. The maximum Gasteiger partial charge on any atom is 0.350 e. The van der Waals surface area contributed by atoms with E-state index in [9.17, 15) is 9.59 Å². The number of fused-ring (bicyclic) bond motifs is 1.